The fourth-order valence-corrected chi connectivity index (χ4v) is 3.25. The van der Waals surface area contributed by atoms with E-state index in [1.54, 1.807) is 0 Å². The quantitative estimate of drug-likeness (QED) is 0.429. The van der Waals surface area contributed by atoms with Gasteiger partial charge in [0.15, 0.2) is 5.76 Å². The predicted molar refractivity (Wildman–Crippen MR) is 103 cm³/mol. The van der Waals surface area contributed by atoms with Crippen LogP contribution in [0.2, 0.25) is 0 Å². The number of aromatic nitrogens is 2. The molecule has 0 atom stereocenters. The molecule has 0 aliphatic heterocycles. The van der Waals surface area contributed by atoms with Crippen molar-refractivity contribution in [1.82, 2.24) is 10.1 Å². The fourth-order valence-electron chi connectivity index (χ4n) is 2.62. The van der Waals surface area contributed by atoms with E-state index in [9.17, 15) is 18.0 Å². The molecule has 0 aliphatic rings. The van der Waals surface area contributed by atoms with E-state index < -0.39 is 17.6 Å². The molecule has 4 rings (SSSR count). The van der Waals surface area contributed by atoms with Gasteiger partial charge in [-0.15, -0.1) is 0 Å². The van der Waals surface area contributed by atoms with Gasteiger partial charge in [0.1, 0.15) is 0 Å². The number of amides is 1. The van der Waals surface area contributed by atoms with E-state index in [-0.39, 0.29) is 29.6 Å². The van der Waals surface area contributed by atoms with Gasteiger partial charge < -0.3 is 19.6 Å². The molecule has 0 bridgehead atoms. The third-order valence-corrected chi connectivity index (χ3v) is 4.69. The number of benzene rings is 1. The van der Waals surface area contributed by atoms with Crippen LogP contribution in [0, 0.1) is 0 Å². The first kappa shape index (κ1) is 19.7. The molecule has 154 valence electrons. The van der Waals surface area contributed by atoms with Crippen molar-refractivity contribution in [3.63, 3.8) is 0 Å². The lowest BCUT2D eigenvalue weighted by atomic mass is 10.1. The van der Waals surface area contributed by atoms with Crippen molar-refractivity contribution >= 4 is 28.6 Å². The van der Waals surface area contributed by atoms with E-state index >= 15 is 0 Å². The fraction of sp³-hybridized carbons (Fsp3) is 0.105. The molecule has 30 heavy (non-hydrogen) atoms. The van der Waals surface area contributed by atoms with Crippen LogP contribution in [-0.2, 0) is 12.7 Å². The molecule has 0 fully saturated rings. The average Bonchev–Trinajstić information content (AvgIpc) is 3.48. The van der Waals surface area contributed by atoms with Gasteiger partial charge in [-0.3, -0.25) is 4.79 Å². The van der Waals surface area contributed by atoms with Gasteiger partial charge in [0.25, 0.3) is 5.91 Å². The van der Waals surface area contributed by atoms with Gasteiger partial charge in [-0.05, 0) is 41.8 Å². The monoisotopic (exact) mass is 434 g/mol. The first-order chi connectivity index (χ1) is 14.4. The lowest BCUT2D eigenvalue weighted by Crippen LogP contribution is -2.14. The zero-order chi connectivity index (χ0) is 21.1. The maximum Gasteiger partial charge on any atom is 0.418 e. The molecule has 1 aromatic carbocycles. The Balaban J connectivity index is 1.50. The number of halogens is 3. The van der Waals surface area contributed by atoms with Gasteiger partial charge in [0.2, 0.25) is 11.7 Å². The van der Waals surface area contributed by atoms with Crippen LogP contribution < -0.4 is 10.6 Å². The standard InChI is InChI=1S/C19H13F3N4O3S/c20-19(21,22)13-8-12(24-18(27)15-2-1-6-28-15)3-4-14(13)23-9-16-25-17(26-29-16)11-5-7-30-10-11/h1-8,10,23H,9H2,(H,24,27). The van der Waals surface area contributed by atoms with E-state index in [2.05, 4.69) is 20.8 Å². The van der Waals surface area contributed by atoms with Crippen LogP contribution in [0.25, 0.3) is 11.4 Å². The average molecular weight is 434 g/mol. The number of nitrogens with zero attached hydrogens (tertiary/aromatic N) is 2. The molecule has 11 heteroatoms. The second kappa shape index (κ2) is 8.03. The van der Waals surface area contributed by atoms with Crippen molar-refractivity contribution in [2.45, 2.75) is 12.7 Å². The number of thiophene rings is 1. The van der Waals surface area contributed by atoms with Crippen LogP contribution in [0.5, 0.6) is 0 Å². The maximum absolute atomic E-state index is 13.5. The Morgan fingerprint density at radius 3 is 2.77 bits per heavy atom. The number of anilines is 2. The molecule has 3 aromatic heterocycles. The van der Waals surface area contributed by atoms with E-state index in [0.29, 0.717) is 5.82 Å². The van der Waals surface area contributed by atoms with Gasteiger partial charge in [-0.25, -0.2) is 0 Å². The Labute approximate surface area is 171 Å². The number of alkyl halides is 3. The summed E-state index contributed by atoms with van der Waals surface area (Å²) in [6, 6.07) is 8.13. The highest BCUT2D eigenvalue weighted by Gasteiger charge is 2.34. The molecule has 7 nitrogen and oxygen atoms in total. The van der Waals surface area contributed by atoms with Gasteiger partial charge in [-0.2, -0.15) is 29.5 Å². The molecular weight excluding hydrogens is 421 g/mol. The second-order valence-corrected chi connectivity index (χ2v) is 6.85. The van der Waals surface area contributed by atoms with Crippen molar-refractivity contribution in [2.24, 2.45) is 0 Å². The first-order valence-corrected chi connectivity index (χ1v) is 9.49. The van der Waals surface area contributed by atoms with Crippen molar-refractivity contribution in [2.75, 3.05) is 10.6 Å². The number of carbonyl (C=O) groups excluding carboxylic acids is 1. The zero-order valence-corrected chi connectivity index (χ0v) is 15.9. The third kappa shape index (κ3) is 4.35. The predicted octanol–water partition coefficient (Wildman–Crippen LogP) is 5.27. The van der Waals surface area contributed by atoms with Crippen LogP contribution in [0.15, 0.2) is 62.4 Å². The van der Waals surface area contributed by atoms with E-state index in [4.69, 9.17) is 8.94 Å². The number of hydrogen-bond donors (Lipinski definition) is 2. The lowest BCUT2D eigenvalue weighted by molar-refractivity contribution is -0.136. The minimum absolute atomic E-state index is 0.0106. The summed E-state index contributed by atoms with van der Waals surface area (Å²) < 4.78 is 50.6. The van der Waals surface area contributed by atoms with Crippen molar-refractivity contribution in [1.29, 1.82) is 0 Å². The van der Waals surface area contributed by atoms with Crippen LogP contribution in [0.3, 0.4) is 0 Å². The summed E-state index contributed by atoms with van der Waals surface area (Å²) in [5, 5.41) is 12.5. The largest absolute Gasteiger partial charge is 0.459 e. The first-order valence-electron chi connectivity index (χ1n) is 8.55. The summed E-state index contributed by atoms with van der Waals surface area (Å²) in [6.45, 7) is -0.0989. The van der Waals surface area contributed by atoms with E-state index in [1.807, 2.05) is 16.8 Å². The Kier molecular flexibility index (Phi) is 5.27. The van der Waals surface area contributed by atoms with Crippen molar-refractivity contribution < 1.29 is 26.9 Å². The van der Waals surface area contributed by atoms with E-state index in [0.717, 1.165) is 11.6 Å². The summed E-state index contributed by atoms with van der Waals surface area (Å²) in [7, 11) is 0. The molecule has 0 saturated carbocycles. The Hall–Kier alpha value is -3.60. The Bertz CT molecular complexity index is 1140. The summed E-state index contributed by atoms with van der Waals surface area (Å²) in [4.78, 5) is 16.2. The molecule has 0 spiro atoms. The third-order valence-electron chi connectivity index (χ3n) is 4.01. The molecule has 1 amide bonds. The van der Waals surface area contributed by atoms with Crippen molar-refractivity contribution in [3.8, 4) is 11.4 Å². The minimum atomic E-state index is -4.65. The normalized spacial score (nSPS) is 11.4. The van der Waals surface area contributed by atoms with Crippen LogP contribution >= 0.6 is 11.3 Å². The number of nitrogens with one attached hydrogen (secondary N) is 2. The van der Waals surface area contributed by atoms with Crippen LogP contribution in [0.1, 0.15) is 22.0 Å². The zero-order valence-electron chi connectivity index (χ0n) is 15.1. The lowest BCUT2D eigenvalue weighted by Gasteiger charge is -2.15. The highest BCUT2D eigenvalue weighted by molar-refractivity contribution is 7.08. The molecule has 3 heterocycles. The molecule has 0 unspecified atom stereocenters. The summed E-state index contributed by atoms with van der Waals surface area (Å²) in [6.07, 6.45) is -3.35. The number of hydrogen-bond acceptors (Lipinski definition) is 7. The molecular formula is C19H13F3N4O3S. The van der Waals surface area contributed by atoms with Gasteiger partial charge >= 0.3 is 6.18 Å². The molecule has 0 aliphatic carbocycles. The molecule has 2 N–H and O–H groups in total. The number of carbonyl (C=O) groups is 1. The second-order valence-electron chi connectivity index (χ2n) is 6.07. The topological polar surface area (TPSA) is 93.2 Å². The molecule has 0 saturated heterocycles. The molecule has 4 aromatic rings. The van der Waals surface area contributed by atoms with Gasteiger partial charge in [-0.1, -0.05) is 5.16 Å². The summed E-state index contributed by atoms with van der Waals surface area (Å²) in [5.41, 5.74) is -0.388. The summed E-state index contributed by atoms with van der Waals surface area (Å²) in [5.74, 6) is -0.163. The number of rotatable bonds is 6. The summed E-state index contributed by atoms with van der Waals surface area (Å²) >= 11 is 1.46. The van der Waals surface area contributed by atoms with E-state index in [1.165, 1.54) is 41.9 Å². The SMILES string of the molecule is O=C(Nc1ccc(NCc2nc(-c3ccsc3)no2)c(C(F)(F)F)c1)c1ccco1. The van der Waals surface area contributed by atoms with Gasteiger partial charge in [0.05, 0.1) is 18.4 Å². The smallest absolute Gasteiger partial charge is 0.418 e. The highest BCUT2D eigenvalue weighted by atomic mass is 32.1. The van der Waals surface area contributed by atoms with Crippen LogP contribution in [0.4, 0.5) is 24.5 Å². The molecule has 0 radical (unpaired) electrons. The maximum atomic E-state index is 13.5. The minimum Gasteiger partial charge on any atom is -0.459 e. The Morgan fingerprint density at radius 2 is 2.07 bits per heavy atom. The van der Waals surface area contributed by atoms with Crippen molar-refractivity contribution in [3.05, 3.63) is 70.6 Å². The highest BCUT2D eigenvalue weighted by Crippen LogP contribution is 2.37. The van der Waals surface area contributed by atoms with Gasteiger partial charge in [0, 0.05) is 22.3 Å². The number of furan rings is 1. The Morgan fingerprint density at radius 1 is 1.20 bits per heavy atom. The van der Waals surface area contributed by atoms with Crippen LogP contribution in [-0.4, -0.2) is 16.0 Å².